The Balaban J connectivity index is 0.000000360. The third kappa shape index (κ3) is 10.6. The van der Waals surface area contributed by atoms with Crippen molar-refractivity contribution in [3.05, 3.63) is 61.3 Å². The van der Waals surface area contributed by atoms with Crippen LogP contribution < -0.4 is 0 Å². The average molecular weight is 1360 g/mol. The Labute approximate surface area is 451 Å². The van der Waals surface area contributed by atoms with Crippen LogP contribution in [0.3, 0.4) is 0 Å². The van der Waals surface area contributed by atoms with Gasteiger partial charge in [0.15, 0.2) is 0 Å². The highest BCUT2D eigenvalue weighted by molar-refractivity contribution is 5.23. The van der Waals surface area contributed by atoms with E-state index in [4.69, 9.17) is 0 Å². The van der Waals surface area contributed by atoms with Crippen LogP contribution >= 0.6 is 0 Å². The van der Waals surface area contributed by atoms with Crippen LogP contribution in [0.15, 0.2) is 61.3 Å². The molecule has 42 heteroatoms. The van der Waals surface area contributed by atoms with Gasteiger partial charge in [0.25, 0.3) is 0 Å². The highest BCUT2D eigenvalue weighted by Crippen LogP contribution is 2.70. The molecule has 7 unspecified atom stereocenters. The first kappa shape index (κ1) is 76.0. The van der Waals surface area contributed by atoms with Gasteiger partial charge in [0, 0.05) is 5.92 Å². The summed E-state index contributed by atoms with van der Waals surface area (Å²) >= 11 is 0. The van der Waals surface area contributed by atoms with E-state index in [2.05, 4.69) is 48.6 Å². The lowest BCUT2D eigenvalue weighted by atomic mass is 9.78. The maximum Gasteiger partial charge on any atom is 0.460 e. The summed E-state index contributed by atoms with van der Waals surface area (Å²) in [7, 11) is 0. The molecule has 86 heavy (non-hydrogen) atoms. The molecule has 0 aliphatic heterocycles. The minimum absolute atomic E-state index is 0.0610. The molecule has 7 atom stereocenters. The maximum atomic E-state index is 14.3. The molecule has 3 saturated carbocycles. The van der Waals surface area contributed by atoms with E-state index in [1.807, 2.05) is 0 Å². The predicted octanol–water partition coefficient (Wildman–Crippen LogP) is 20.0. The first-order chi connectivity index (χ1) is 37.6. The van der Waals surface area contributed by atoms with E-state index >= 15 is 0 Å². The zero-order valence-corrected chi connectivity index (χ0v) is 40.8. The number of halogens is 42. The molecule has 0 aromatic rings. The van der Waals surface area contributed by atoms with Crippen LogP contribution in [-0.4, -0.2) is 119 Å². The van der Waals surface area contributed by atoms with Crippen molar-refractivity contribution in [2.45, 2.75) is 164 Å². The second-order valence-corrected chi connectivity index (χ2v) is 19.9. The van der Waals surface area contributed by atoms with E-state index in [1.165, 1.54) is 12.8 Å². The standard InChI is InChI=1S/C17H11F21.C12H3F21.C10H12.C5H6/c18-8(19,7-4-5-1-2-6(7)3-5)9(20,21)10(22,23)11(24,25)12(26,27)13(28,29)14(30,31)15(32,33)16(34,35)17(36,37)38;1-2-3(13,14)4(15,16)5(17,18)6(19,20)7(21,22)8(23,24)9(25,26)10(27,28)11(29,30)12(31,32)33;1-2-9-7-4-5-8(6-7)10(9)3-1;1-2-4-5-3-1/h5-7H,1-4H2;2H,1H2;1-2,4-5,7-10H,3,6H2;1-4H,5H2. The van der Waals surface area contributed by atoms with Crippen LogP contribution in [0.25, 0.3) is 0 Å². The van der Waals surface area contributed by atoms with Gasteiger partial charge in [-0.25, -0.2) is 0 Å². The minimum atomic E-state index is -9.15. The summed E-state index contributed by atoms with van der Waals surface area (Å²) < 4.78 is 552. The second kappa shape index (κ2) is 22.0. The van der Waals surface area contributed by atoms with Gasteiger partial charge in [-0.1, -0.05) is 61.6 Å². The summed E-state index contributed by atoms with van der Waals surface area (Å²) in [4.78, 5) is 0. The zero-order chi connectivity index (χ0) is 68.4. The summed E-state index contributed by atoms with van der Waals surface area (Å²) in [6.45, 7) is 1.67. The largest absolute Gasteiger partial charge is 0.460 e. The lowest BCUT2D eigenvalue weighted by molar-refractivity contribution is -0.475. The van der Waals surface area contributed by atoms with Gasteiger partial charge in [-0.05, 0) is 80.1 Å². The van der Waals surface area contributed by atoms with Crippen LogP contribution in [0.2, 0.25) is 0 Å². The van der Waals surface area contributed by atoms with Crippen molar-refractivity contribution in [1.29, 1.82) is 0 Å². The van der Waals surface area contributed by atoms with Gasteiger partial charge < -0.3 is 0 Å². The van der Waals surface area contributed by atoms with Gasteiger partial charge in [0.2, 0.25) is 0 Å². The fourth-order valence-electron chi connectivity index (χ4n) is 9.56. The summed E-state index contributed by atoms with van der Waals surface area (Å²) in [5, 5.41) is 0. The predicted molar refractivity (Wildman–Crippen MR) is 205 cm³/mol. The van der Waals surface area contributed by atoms with Gasteiger partial charge in [-0.2, -0.15) is 184 Å². The van der Waals surface area contributed by atoms with Gasteiger partial charge in [0.05, 0.1) is 0 Å². The molecule has 6 aliphatic rings. The lowest BCUT2D eigenvalue weighted by Crippen LogP contribution is -2.77. The molecule has 0 heterocycles. The van der Waals surface area contributed by atoms with E-state index in [-0.39, 0.29) is 19.3 Å². The Morgan fingerprint density at radius 1 is 0.314 bits per heavy atom. The summed E-state index contributed by atoms with van der Waals surface area (Å²) in [5.41, 5.74) is 0. The van der Waals surface area contributed by atoms with Gasteiger partial charge in [0.1, 0.15) is 0 Å². The van der Waals surface area contributed by atoms with Gasteiger partial charge in [-0.3, -0.25) is 0 Å². The molecule has 6 aliphatic carbocycles. The van der Waals surface area contributed by atoms with Gasteiger partial charge in [-0.15, -0.1) is 0 Å². The topological polar surface area (TPSA) is 0 Å². The van der Waals surface area contributed by atoms with E-state index in [0.29, 0.717) is 0 Å². The molecule has 0 aromatic carbocycles. The smallest absolute Gasteiger partial charge is 0.199 e. The van der Waals surface area contributed by atoms with Crippen LogP contribution in [0.5, 0.6) is 0 Å². The highest BCUT2D eigenvalue weighted by Gasteiger charge is 3.00. The fourth-order valence-corrected chi connectivity index (χ4v) is 9.56. The Hall–Kier alpha value is -4.24. The van der Waals surface area contributed by atoms with Crippen LogP contribution in [0.1, 0.15) is 44.9 Å². The Kier molecular flexibility index (Phi) is 19.5. The summed E-state index contributed by atoms with van der Waals surface area (Å²) in [5.74, 6) is -154. The van der Waals surface area contributed by atoms with E-state index in [1.54, 1.807) is 6.58 Å². The number of fused-ring (bicyclic) bond motifs is 7. The van der Waals surface area contributed by atoms with Crippen molar-refractivity contribution in [1.82, 2.24) is 0 Å². The van der Waals surface area contributed by atoms with Crippen LogP contribution in [0, 0.1) is 41.4 Å². The van der Waals surface area contributed by atoms with E-state index < -0.39 is 149 Å². The van der Waals surface area contributed by atoms with E-state index in [9.17, 15) is 184 Å². The number of hydrogen-bond donors (Lipinski definition) is 0. The first-order valence-corrected chi connectivity index (χ1v) is 22.8. The molecule has 0 nitrogen and oxygen atoms in total. The van der Waals surface area contributed by atoms with E-state index in [0.717, 1.165) is 30.1 Å². The van der Waals surface area contributed by atoms with Crippen molar-refractivity contribution < 1.29 is 184 Å². The summed E-state index contributed by atoms with van der Waals surface area (Å²) in [6.07, 6.45) is 2.62. The number of allylic oxidation sites excluding steroid dienone is 9. The monoisotopic (exact) mass is 1360 g/mol. The number of alkyl halides is 42. The molecule has 0 spiro atoms. The van der Waals surface area contributed by atoms with Crippen molar-refractivity contribution in [2.75, 3.05) is 0 Å². The summed E-state index contributed by atoms with van der Waals surface area (Å²) in [6, 6.07) is 0. The molecule has 4 bridgehead atoms. The molecule has 0 aromatic heterocycles. The maximum absolute atomic E-state index is 14.3. The quantitative estimate of drug-likeness (QED) is 0.0948. The molecule has 502 valence electrons. The van der Waals surface area contributed by atoms with Crippen molar-refractivity contribution in [3.8, 4) is 0 Å². The minimum Gasteiger partial charge on any atom is -0.199 e. The molecule has 3 fully saturated rings. The highest BCUT2D eigenvalue weighted by atomic mass is 19.5. The fraction of sp³-hybridized carbons (Fsp3) is 0.773. The molecule has 0 amide bonds. The van der Waals surface area contributed by atoms with Crippen molar-refractivity contribution in [2.24, 2.45) is 41.4 Å². The van der Waals surface area contributed by atoms with Crippen molar-refractivity contribution in [3.63, 3.8) is 0 Å². The van der Waals surface area contributed by atoms with Crippen molar-refractivity contribution >= 4 is 0 Å². The third-order valence-electron chi connectivity index (χ3n) is 14.6. The molecule has 0 N–H and O–H groups in total. The lowest BCUT2D eigenvalue weighted by Gasteiger charge is -2.45. The normalized spacial score (nSPS) is 25.0. The average Bonchev–Trinajstić information content (AvgIpc) is 0.916. The molecular formula is C44H32F42. The first-order valence-electron chi connectivity index (χ1n) is 22.8. The molecular weight excluding hydrogens is 1330 g/mol. The Bertz CT molecular complexity index is 2500. The SMILES string of the molecule is C1=CC2C3C=CC(C3)C2C1.C1=CCC=C1.C=CC(F)(F)C(F)(F)C(F)(F)C(F)(F)C(F)(F)C(F)(F)C(F)(F)C(F)(F)C(F)(F)C(F)(F)F.FC(F)(F)C(F)(F)C(F)(F)C(F)(F)C(F)(F)C(F)(F)C(F)(F)C(F)(F)C(F)(F)C(F)(F)C1CC2CCC1C2. The number of hydrogen-bond acceptors (Lipinski definition) is 0. The van der Waals surface area contributed by atoms with Crippen LogP contribution in [0.4, 0.5) is 184 Å². The second-order valence-electron chi connectivity index (χ2n) is 19.9. The van der Waals surface area contributed by atoms with Gasteiger partial charge >= 0.3 is 119 Å². The Morgan fingerprint density at radius 3 is 0.895 bits per heavy atom. The zero-order valence-electron chi connectivity index (χ0n) is 40.8. The molecule has 6 rings (SSSR count). The Morgan fingerprint density at radius 2 is 0.628 bits per heavy atom. The number of rotatable bonds is 18. The third-order valence-corrected chi connectivity index (χ3v) is 14.6. The van der Waals surface area contributed by atoms with Crippen LogP contribution in [-0.2, 0) is 0 Å². The molecule has 0 radical (unpaired) electrons. The molecule has 0 saturated heterocycles.